The molecule has 1 fully saturated rings. The van der Waals surface area contributed by atoms with Crippen LogP contribution in [0, 0.1) is 0 Å². The van der Waals surface area contributed by atoms with Gasteiger partial charge in [0.2, 0.25) is 0 Å². The number of carboxylic acids is 1. The van der Waals surface area contributed by atoms with Gasteiger partial charge in [0.1, 0.15) is 0 Å². The number of hydrogen-bond acceptors (Lipinski definition) is 5. The SMILES string of the molecule is COC1CCN(c2nc3sccn3c2/C=C/C(=O)O)C1. The van der Waals surface area contributed by atoms with Crippen LogP contribution in [0.1, 0.15) is 12.1 Å². The third-order valence-corrected chi connectivity index (χ3v) is 4.20. The topological polar surface area (TPSA) is 67.1 Å². The highest BCUT2D eigenvalue weighted by atomic mass is 32.1. The predicted octanol–water partition coefficient (Wildman–Crippen LogP) is 1.72. The van der Waals surface area contributed by atoms with Crippen LogP contribution in [-0.4, -0.2) is 46.8 Å². The third-order valence-electron chi connectivity index (χ3n) is 3.44. The molecule has 0 aromatic carbocycles. The van der Waals surface area contributed by atoms with Gasteiger partial charge in [0, 0.05) is 37.9 Å². The number of carboxylic acid groups (broad SMARTS) is 1. The van der Waals surface area contributed by atoms with Crippen molar-refractivity contribution >= 4 is 34.2 Å². The minimum atomic E-state index is -0.961. The number of thiazole rings is 1. The van der Waals surface area contributed by atoms with Gasteiger partial charge in [0.15, 0.2) is 10.8 Å². The highest BCUT2D eigenvalue weighted by Crippen LogP contribution is 2.28. The number of ether oxygens (including phenoxy) is 1. The summed E-state index contributed by atoms with van der Waals surface area (Å²) in [5.74, 6) is -0.133. The fourth-order valence-electron chi connectivity index (χ4n) is 2.44. The molecule has 2 aromatic heterocycles. The van der Waals surface area contributed by atoms with E-state index in [4.69, 9.17) is 9.84 Å². The number of aromatic nitrogens is 2. The van der Waals surface area contributed by atoms with Crippen molar-refractivity contribution in [3.05, 3.63) is 23.3 Å². The number of aliphatic carboxylic acids is 1. The fraction of sp³-hybridized carbons (Fsp3) is 0.385. The number of imidazole rings is 1. The number of nitrogens with zero attached hydrogens (tertiary/aromatic N) is 3. The lowest BCUT2D eigenvalue weighted by atomic mass is 10.3. The Morgan fingerprint density at radius 3 is 3.20 bits per heavy atom. The highest BCUT2D eigenvalue weighted by molar-refractivity contribution is 7.15. The Bertz CT molecular complexity index is 661. The van der Waals surface area contributed by atoms with E-state index in [9.17, 15) is 4.79 Å². The van der Waals surface area contributed by atoms with Gasteiger partial charge in [-0.1, -0.05) is 0 Å². The first-order chi connectivity index (χ1) is 9.69. The molecule has 106 valence electrons. The second-order valence-electron chi connectivity index (χ2n) is 4.64. The van der Waals surface area contributed by atoms with Crippen molar-refractivity contribution in [2.45, 2.75) is 12.5 Å². The van der Waals surface area contributed by atoms with E-state index in [2.05, 4.69) is 9.88 Å². The zero-order valence-electron chi connectivity index (χ0n) is 11.0. The van der Waals surface area contributed by atoms with Crippen LogP contribution in [0.3, 0.4) is 0 Å². The van der Waals surface area contributed by atoms with Crippen LogP contribution in [0.2, 0.25) is 0 Å². The maximum absolute atomic E-state index is 10.8. The first kappa shape index (κ1) is 13.1. The molecule has 1 atom stereocenters. The second-order valence-corrected chi connectivity index (χ2v) is 5.51. The summed E-state index contributed by atoms with van der Waals surface area (Å²) >= 11 is 1.53. The van der Waals surface area contributed by atoms with Crippen LogP contribution in [0.5, 0.6) is 0 Å². The Morgan fingerprint density at radius 1 is 1.65 bits per heavy atom. The van der Waals surface area contributed by atoms with Crippen molar-refractivity contribution < 1.29 is 14.6 Å². The first-order valence-electron chi connectivity index (χ1n) is 6.33. The maximum atomic E-state index is 10.8. The Hall–Kier alpha value is -1.86. The predicted molar refractivity (Wildman–Crippen MR) is 77.4 cm³/mol. The Kier molecular flexibility index (Phi) is 3.45. The van der Waals surface area contributed by atoms with E-state index in [1.165, 1.54) is 11.3 Å². The largest absolute Gasteiger partial charge is 0.478 e. The zero-order valence-corrected chi connectivity index (χ0v) is 11.8. The molecule has 0 radical (unpaired) electrons. The monoisotopic (exact) mass is 293 g/mol. The van der Waals surface area contributed by atoms with Gasteiger partial charge in [-0.15, -0.1) is 11.3 Å². The van der Waals surface area contributed by atoms with Crippen molar-refractivity contribution in [2.75, 3.05) is 25.1 Å². The normalized spacial score (nSPS) is 19.4. The standard InChI is InChI=1S/C13H15N3O3S/c1-19-9-4-5-15(8-9)12-10(2-3-11(17)18)16-6-7-20-13(16)14-12/h2-3,6-7,9H,4-5,8H2,1H3,(H,17,18)/b3-2+. The number of carbonyl (C=O) groups is 1. The van der Waals surface area contributed by atoms with Crippen molar-refractivity contribution in [1.29, 1.82) is 0 Å². The molecule has 0 bridgehead atoms. The smallest absolute Gasteiger partial charge is 0.328 e. The summed E-state index contributed by atoms with van der Waals surface area (Å²) < 4.78 is 7.29. The first-order valence-corrected chi connectivity index (χ1v) is 7.21. The van der Waals surface area contributed by atoms with Crippen molar-refractivity contribution in [3.8, 4) is 0 Å². The molecule has 0 spiro atoms. The molecule has 0 amide bonds. The molecule has 1 N–H and O–H groups in total. The van der Waals surface area contributed by atoms with Gasteiger partial charge < -0.3 is 14.7 Å². The third kappa shape index (κ3) is 2.30. The maximum Gasteiger partial charge on any atom is 0.328 e. The van der Waals surface area contributed by atoms with Gasteiger partial charge >= 0.3 is 5.97 Å². The van der Waals surface area contributed by atoms with E-state index < -0.39 is 5.97 Å². The van der Waals surface area contributed by atoms with Crippen LogP contribution in [0.15, 0.2) is 17.7 Å². The lowest BCUT2D eigenvalue weighted by molar-refractivity contribution is -0.131. The van der Waals surface area contributed by atoms with Gasteiger partial charge in [-0.25, -0.2) is 9.78 Å². The molecular formula is C13H15N3O3S. The molecule has 2 aromatic rings. The molecule has 6 nitrogen and oxygen atoms in total. The van der Waals surface area contributed by atoms with Gasteiger partial charge in [0.25, 0.3) is 0 Å². The Labute approximate surface area is 119 Å². The minimum Gasteiger partial charge on any atom is -0.478 e. The summed E-state index contributed by atoms with van der Waals surface area (Å²) in [6, 6.07) is 0. The summed E-state index contributed by atoms with van der Waals surface area (Å²) in [4.78, 5) is 18.4. The van der Waals surface area contributed by atoms with Gasteiger partial charge in [-0.3, -0.25) is 4.40 Å². The van der Waals surface area contributed by atoms with Crippen LogP contribution < -0.4 is 4.90 Å². The lowest BCUT2D eigenvalue weighted by Gasteiger charge is -2.16. The summed E-state index contributed by atoms with van der Waals surface area (Å²) in [5.41, 5.74) is 0.806. The molecule has 1 unspecified atom stereocenters. The molecule has 0 saturated carbocycles. The molecule has 1 aliphatic heterocycles. The van der Waals surface area contributed by atoms with E-state index in [0.717, 1.165) is 42.1 Å². The summed E-state index contributed by atoms with van der Waals surface area (Å²) in [6.07, 6.45) is 5.83. The molecule has 1 saturated heterocycles. The molecular weight excluding hydrogens is 278 g/mol. The Morgan fingerprint density at radius 2 is 2.50 bits per heavy atom. The molecule has 3 heterocycles. The van der Waals surface area contributed by atoms with E-state index in [-0.39, 0.29) is 6.10 Å². The second kappa shape index (κ2) is 5.26. The van der Waals surface area contributed by atoms with Crippen molar-refractivity contribution in [1.82, 2.24) is 9.38 Å². The zero-order chi connectivity index (χ0) is 14.1. The van der Waals surface area contributed by atoms with Gasteiger partial charge in [-0.2, -0.15) is 0 Å². The van der Waals surface area contributed by atoms with Crippen LogP contribution in [0.4, 0.5) is 5.82 Å². The van der Waals surface area contributed by atoms with Crippen LogP contribution in [0.25, 0.3) is 11.0 Å². The number of fused-ring (bicyclic) bond motifs is 1. The van der Waals surface area contributed by atoms with Crippen molar-refractivity contribution in [3.63, 3.8) is 0 Å². The molecule has 7 heteroatoms. The average molecular weight is 293 g/mol. The van der Waals surface area contributed by atoms with Gasteiger partial charge in [-0.05, 0) is 12.5 Å². The lowest BCUT2D eigenvalue weighted by Crippen LogP contribution is -2.23. The molecule has 1 aliphatic rings. The fourth-order valence-corrected chi connectivity index (χ4v) is 3.16. The molecule has 3 rings (SSSR count). The summed E-state index contributed by atoms with van der Waals surface area (Å²) in [6.45, 7) is 1.66. The van der Waals surface area contributed by atoms with Crippen LogP contribution >= 0.6 is 11.3 Å². The quantitative estimate of drug-likeness (QED) is 0.869. The number of methoxy groups -OCH3 is 1. The van der Waals surface area contributed by atoms with E-state index in [1.807, 2.05) is 16.0 Å². The number of hydrogen-bond donors (Lipinski definition) is 1. The van der Waals surface area contributed by atoms with Gasteiger partial charge in [0.05, 0.1) is 11.8 Å². The van der Waals surface area contributed by atoms with Crippen molar-refractivity contribution in [2.24, 2.45) is 0 Å². The number of rotatable bonds is 4. The number of anilines is 1. The highest BCUT2D eigenvalue weighted by Gasteiger charge is 2.26. The Balaban J connectivity index is 1.99. The summed E-state index contributed by atoms with van der Waals surface area (Å²) in [5, 5.41) is 10.8. The average Bonchev–Trinajstić information content (AvgIpc) is 3.11. The van der Waals surface area contributed by atoms with Crippen LogP contribution in [-0.2, 0) is 9.53 Å². The molecule has 0 aliphatic carbocycles. The van der Waals surface area contributed by atoms with E-state index >= 15 is 0 Å². The summed E-state index contributed by atoms with van der Waals surface area (Å²) in [7, 11) is 1.71. The minimum absolute atomic E-state index is 0.214. The van der Waals surface area contributed by atoms with E-state index in [0.29, 0.717) is 0 Å². The van der Waals surface area contributed by atoms with E-state index in [1.54, 1.807) is 13.2 Å². The molecule has 20 heavy (non-hydrogen) atoms.